The molecule has 0 aliphatic rings. The summed E-state index contributed by atoms with van der Waals surface area (Å²) in [6, 6.07) is -0.698. The van der Waals surface area contributed by atoms with Gasteiger partial charge in [-0.25, -0.2) is 0 Å². The number of allylic oxidation sites excluding steroid dienone is 2. The number of carbonyl (C=O) groups excluding carboxylic acids is 2. The van der Waals surface area contributed by atoms with Gasteiger partial charge in [0.25, 0.3) is 0 Å². The van der Waals surface area contributed by atoms with E-state index in [4.69, 9.17) is 4.74 Å². The molecule has 6 nitrogen and oxygen atoms in total. The first-order chi connectivity index (χ1) is 31.0. The molecule has 3 atom stereocenters. The van der Waals surface area contributed by atoms with Gasteiger partial charge < -0.3 is 20.3 Å². The van der Waals surface area contributed by atoms with Gasteiger partial charge in [-0.05, 0) is 51.4 Å². The van der Waals surface area contributed by atoms with E-state index in [2.05, 4.69) is 38.2 Å². The van der Waals surface area contributed by atoms with Gasteiger partial charge in [0, 0.05) is 6.42 Å². The standard InChI is InChI=1S/C57H111NO5/c1-4-7-10-13-16-19-22-25-27-28-30-32-35-38-41-44-47-50-57(62)63-53(48-45-42-39-36-33-31-29-26-23-20-17-14-11-8-5-2)51-56(61)58-54(52-59)55(60)49-46-43-40-37-34-24-21-18-15-12-9-6-3/h26,29,53-55,59-60H,4-25,27-28,30-52H2,1-3H3,(H,58,61)/b29-26+. The van der Waals surface area contributed by atoms with Crippen molar-refractivity contribution < 1.29 is 24.5 Å². The molecule has 0 bridgehead atoms. The van der Waals surface area contributed by atoms with Crippen molar-refractivity contribution in [1.82, 2.24) is 5.32 Å². The lowest BCUT2D eigenvalue weighted by Crippen LogP contribution is -2.46. The summed E-state index contributed by atoms with van der Waals surface area (Å²) in [4.78, 5) is 26.2. The van der Waals surface area contributed by atoms with Crippen LogP contribution in [0.1, 0.15) is 316 Å². The monoisotopic (exact) mass is 890 g/mol. The van der Waals surface area contributed by atoms with Crippen LogP contribution >= 0.6 is 0 Å². The number of ether oxygens (including phenoxy) is 1. The number of rotatable bonds is 52. The lowest BCUT2D eigenvalue weighted by molar-refractivity contribution is -0.151. The molecule has 0 rings (SSSR count). The molecular formula is C57H111NO5. The van der Waals surface area contributed by atoms with Crippen LogP contribution < -0.4 is 5.32 Å². The molecule has 0 aromatic carbocycles. The van der Waals surface area contributed by atoms with Crippen LogP contribution in [0.5, 0.6) is 0 Å². The fraction of sp³-hybridized carbons (Fsp3) is 0.930. The molecule has 0 aliphatic heterocycles. The Bertz CT molecular complexity index is 955. The molecule has 6 heteroatoms. The largest absolute Gasteiger partial charge is 0.462 e. The first-order valence-electron chi connectivity index (χ1n) is 28.4. The summed E-state index contributed by atoms with van der Waals surface area (Å²) in [6.45, 7) is 6.51. The van der Waals surface area contributed by atoms with Crippen LogP contribution in [-0.4, -0.2) is 46.9 Å². The van der Waals surface area contributed by atoms with Gasteiger partial charge in [-0.15, -0.1) is 0 Å². The third-order valence-corrected chi connectivity index (χ3v) is 13.3. The summed E-state index contributed by atoms with van der Waals surface area (Å²) in [7, 11) is 0. The molecule has 0 heterocycles. The first kappa shape index (κ1) is 61.6. The molecule has 374 valence electrons. The second kappa shape index (κ2) is 51.6. The average molecular weight is 891 g/mol. The number of carbonyl (C=O) groups is 2. The lowest BCUT2D eigenvalue weighted by Gasteiger charge is -2.24. The zero-order valence-electron chi connectivity index (χ0n) is 42.7. The van der Waals surface area contributed by atoms with Crippen LogP contribution in [0.25, 0.3) is 0 Å². The van der Waals surface area contributed by atoms with Gasteiger partial charge in [-0.3, -0.25) is 9.59 Å². The molecular weight excluding hydrogens is 779 g/mol. The Hall–Kier alpha value is -1.40. The number of esters is 1. The number of aliphatic hydroxyl groups excluding tert-OH is 2. The number of nitrogens with one attached hydrogen (secondary N) is 1. The molecule has 0 radical (unpaired) electrons. The van der Waals surface area contributed by atoms with Gasteiger partial charge in [-0.1, -0.05) is 264 Å². The van der Waals surface area contributed by atoms with Crippen molar-refractivity contribution in [2.24, 2.45) is 0 Å². The normalized spacial score (nSPS) is 13.2. The molecule has 0 saturated heterocycles. The summed E-state index contributed by atoms with van der Waals surface area (Å²) >= 11 is 0. The number of hydrogen-bond donors (Lipinski definition) is 3. The van der Waals surface area contributed by atoms with Crippen molar-refractivity contribution in [3.05, 3.63) is 12.2 Å². The zero-order chi connectivity index (χ0) is 45.9. The highest BCUT2D eigenvalue weighted by molar-refractivity contribution is 5.77. The Morgan fingerprint density at radius 1 is 0.444 bits per heavy atom. The van der Waals surface area contributed by atoms with E-state index in [1.54, 1.807) is 0 Å². The van der Waals surface area contributed by atoms with E-state index in [1.807, 2.05) is 0 Å². The van der Waals surface area contributed by atoms with Gasteiger partial charge >= 0.3 is 5.97 Å². The van der Waals surface area contributed by atoms with Crippen LogP contribution in [0.2, 0.25) is 0 Å². The highest BCUT2D eigenvalue weighted by Gasteiger charge is 2.24. The Morgan fingerprint density at radius 2 is 0.762 bits per heavy atom. The van der Waals surface area contributed by atoms with Gasteiger partial charge in [0.1, 0.15) is 6.10 Å². The Balaban J connectivity index is 4.52. The molecule has 3 unspecified atom stereocenters. The van der Waals surface area contributed by atoms with Crippen molar-refractivity contribution in [2.45, 2.75) is 334 Å². The molecule has 0 aromatic heterocycles. The number of aliphatic hydroxyl groups is 2. The smallest absolute Gasteiger partial charge is 0.306 e. The van der Waals surface area contributed by atoms with E-state index in [9.17, 15) is 19.8 Å². The van der Waals surface area contributed by atoms with E-state index in [1.165, 1.54) is 212 Å². The van der Waals surface area contributed by atoms with Crippen LogP contribution in [0, 0.1) is 0 Å². The van der Waals surface area contributed by atoms with Crippen molar-refractivity contribution in [1.29, 1.82) is 0 Å². The molecule has 0 aliphatic carbocycles. The Morgan fingerprint density at radius 3 is 1.13 bits per heavy atom. The topological polar surface area (TPSA) is 95.9 Å². The van der Waals surface area contributed by atoms with Crippen LogP contribution in [0.4, 0.5) is 0 Å². The second-order valence-electron chi connectivity index (χ2n) is 19.7. The van der Waals surface area contributed by atoms with E-state index >= 15 is 0 Å². The highest BCUT2D eigenvalue weighted by atomic mass is 16.5. The summed E-state index contributed by atoms with van der Waals surface area (Å²) < 4.78 is 5.96. The average Bonchev–Trinajstić information content (AvgIpc) is 3.28. The lowest BCUT2D eigenvalue weighted by atomic mass is 10.0. The molecule has 0 fully saturated rings. The molecule has 1 amide bonds. The van der Waals surface area contributed by atoms with E-state index in [-0.39, 0.29) is 24.9 Å². The number of hydrogen-bond acceptors (Lipinski definition) is 5. The minimum atomic E-state index is -0.784. The zero-order valence-corrected chi connectivity index (χ0v) is 42.7. The third-order valence-electron chi connectivity index (χ3n) is 13.3. The van der Waals surface area contributed by atoms with Crippen LogP contribution in [0.3, 0.4) is 0 Å². The summed E-state index contributed by atoms with van der Waals surface area (Å²) in [6.07, 6.45) is 58.5. The number of unbranched alkanes of at least 4 members (excludes halogenated alkanes) is 38. The Kier molecular flexibility index (Phi) is 50.4. The minimum Gasteiger partial charge on any atom is -0.462 e. The van der Waals surface area contributed by atoms with Gasteiger partial charge in [-0.2, -0.15) is 0 Å². The molecule has 3 N–H and O–H groups in total. The maximum Gasteiger partial charge on any atom is 0.306 e. The minimum absolute atomic E-state index is 0.0794. The third kappa shape index (κ3) is 46.9. The fourth-order valence-electron chi connectivity index (χ4n) is 9.02. The van der Waals surface area contributed by atoms with Crippen molar-refractivity contribution in [3.63, 3.8) is 0 Å². The predicted octanol–water partition coefficient (Wildman–Crippen LogP) is 17.3. The SMILES string of the molecule is CCCCCCCC/C=C/CCCCCCCC(CC(=O)NC(CO)C(O)CCCCCCCCCCCCCC)OC(=O)CCCCCCCCCCCCCCCCCCC. The summed E-state index contributed by atoms with van der Waals surface area (Å²) in [5.41, 5.74) is 0. The summed E-state index contributed by atoms with van der Waals surface area (Å²) in [5, 5.41) is 23.8. The highest BCUT2D eigenvalue weighted by Crippen LogP contribution is 2.19. The summed E-state index contributed by atoms with van der Waals surface area (Å²) in [5.74, 6) is -0.460. The van der Waals surface area contributed by atoms with Gasteiger partial charge in [0.15, 0.2) is 0 Å². The molecule has 0 spiro atoms. The Labute approximate surface area is 393 Å². The predicted molar refractivity (Wildman–Crippen MR) is 273 cm³/mol. The molecule has 0 aromatic rings. The van der Waals surface area contributed by atoms with Crippen LogP contribution in [0.15, 0.2) is 12.2 Å². The van der Waals surface area contributed by atoms with Gasteiger partial charge in [0.05, 0.1) is 25.2 Å². The van der Waals surface area contributed by atoms with E-state index in [0.717, 1.165) is 57.8 Å². The van der Waals surface area contributed by atoms with Crippen LogP contribution in [-0.2, 0) is 14.3 Å². The maximum absolute atomic E-state index is 13.2. The maximum atomic E-state index is 13.2. The first-order valence-corrected chi connectivity index (χ1v) is 28.4. The van der Waals surface area contributed by atoms with Crippen molar-refractivity contribution in [2.75, 3.05) is 6.61 Å². The molecule has 0 saturated carbocycles. The van der Waals surface area contributed by atoms with Gasteiger partial charge in [0.2, 0.25) is 5.91 Å². The van der Waals surface area contributed by atoms with Crippen molar-refractivity contribution >= 4 is 11.9 Å². The second-order valence-corrected chi connectivity index (χ2v) is 19.7. The van der Waals surface area contributed by atoms with Crippen molar-refractivity contribution in [3.8, 4) is 0 Å². The number of amides is 1. The molecule has 63 heavy (non-hydrogen) atoms. The fourth-order valence-corrected chi connectivity index (χ4v) is 9.02. The quantitative estimate of drug-likeness (QED) is 0.0321. The van der Waals surface area contributed by atoms with E-state index < -0.39 is 18.2 Å². The van der Waals surface area contributed by atoms with E-state index in [0.29, 0.717) is 19.3 Å².